The number of nitrogens with one attached hydrogen (secondary N) is 4. The number of methoxy groups -OCH3 is 1. The molecule has 1 unspecified atom stereocenters. The number of ether oxygens (including phenoxy) is 1. The second-order valence-electron chi connectivity index (χ2n) is 7.10. The summed E-state index contributed by atoms with van der Waals surface area (Å²) in [6, 6.07) is 5.64. The second-order valence-corrected chi connectivity index (χ2v) is 7.10. The highest BCUT2D eigenvalue weighted by molar-refractivity contribution is 5.99. The largest absolute Gasteiger partial charge is 0.383 e. The molecule has 29 heavy (non-hydrogen) atoms. The van der Waals surface area contributed by atoms with Crippen LogP contribution in [0, 0.1) is 19.8 Å². The van der Waals surface area contributed by atoms with Crippen molar-refractivity contribution in [2.45, 2.75) is 26.7 Å². The van der Waals surface area contributed by atoms with Crippen LogP contribution in [-0.2, 0) is 20.7 Å². The van der Waals surface area contributed by atoms with Crippen LogP contribution in [0.5, 0.6) is 0 Å². The number of aromatic amines is 1. The number of nitrogens with zero attached hydrogens (tertiary/aromatic N) is 1. The molecule has 9 heteroatoms. The summed E-state index contributed by atoms with van der Waals surface area (Å²) in [5.74, 6) is -0.751. The van der Waals surface area contributed by atoms with Gasteiger partial charge in [-0.1, -0.05) is 6.07 Å². The molecule has 0 bridgehead atoms. The number of hydrogen-bond donors (Lipinski definition) is 4. The molecule has 4 N–H and O–H groups in total. The topological polar surface area (TPSA) is 125 Å². The molecule has 2 aromatic rings. The zero-order chi connectivity index (χ0) is 21.0. The summed E-state index contributed by atoms with van der Waals surface area (Å²) in [6.07, 6.45) is 0.133. The molecule has 1 aromatic heterocycles. The number of fused-ring (bicyclic) bond motifs is 1. The van der Waals surface area contributed by atoms with Crippen LogP contribution in [0.25, 0.3) is 0 Å². The van der Waals surface area contributed by atoms with Gasteiger partial charge < -0.3 is 20.7 Å². The first-order valence-electron chi connectivity index (χ1n) is 9.41. The summed E-state index contributed by atoms with van der Waals surface area (Å²) in [7, 11) is 1.57. The minimum Gasteiger partial charge on any atom is -0.383 e. The van der Waals surface area contributed by atoms with Crippen molar-refractivity contribution < 1.29 is 14.3 Å². The van der Waals surface area contributed by atoms with Crippen molar-refractivity contribution in [2.24, 2.45) is 5.92 Å². The normalized spacial score (nSPS) is 15.4. The first-order valence-corrected chi connectivity index (χ1v) is 9.41. The number of H-pyrrole nitrogens is 1. The molecule has 0 aliphatic carbocycles. The Morgan fingerprint density at radius 2 is 2.07 bits per heavy atom. The fourth-order valence-corrected chi connectivity index (χ4v) is 3.12. The van der Waals surface area contributed by atoms with Gasteiger partial charge in [0.25, 0.3) is 5.56 Å². The first-order chi connectivity index (χ1) is 13.9. The molecule has 2 amide bonds. The van der Waals surface area contributed by atoms with Crippen LogP contribution in [0.15, 0.2) is 23.0 Å². The van der Waals surface area contributed by atoms with Crippen LogP contribution in [0.2, 0.25) is 0 Å². The molecule has 1 aliphatic rings. The maximum Gasteiger partial charge on any atom is 0.257 e. The first kappa shape index (κ1) is 20.5. The van der Waals surface area contributed by atoms with E-state index in [1.54, 1.807) is 7.11 Å². The van der Waals surface area contributed by atoms with Gasteiger partial charge in [0.2, 0.25) is 17.8 Å². The maximum atomic E-state index is 12.4. The maximum absolute atomic E-state index is 12.4. The van der Waals surface area contributed by atoms with Gasteiger partial charge >= 0.3 is 0 Å². The van der Waals surface area contributed by atoms with Gasteiger partial charge in [0.05, 0.1) is 18.1 Å². The van der Waals surface area contributed by atoms with Crippen molar-refractivity contribution >= 4 is 29.3 Å². The summed E-state index contributed by atoms with van der Waals surface area (Å²) < 4.78 is 4.94. The predicted octanol–water partition coefficient (Wildman–Crippen LogP) is 1.58. The van der Waals surface area contributed by atoms with Gasteiger partial charge in [0, 0.05) is 25.8 Å². The molecule has 9 nitrogen and oxygen atoms in total. The van der Waals surface area contributed by atoms with Gasteiger partial charge in [-0.25, -0.2) is 0 Å². The van der Waals surface area contributed by atoms with Crippen LogP contribution in [0.1, 0.15) is 23.1 Å². The average Bonchev–Trinajstić information content (AvgIpc) is 2.66. The fraction of sp³-hybridized carbons (Fsp3) is 0.400. The Morgan fingerprint density at radius 1 is 1.28 bits per heavy atom. The summed E-state index contributed by atoms with van der Waals surface area (Å²) in [4.78, 5) is 44.1. The van der Waals surface area contributed by atoms with Crippen LogP contribution < -0.4 is 21.5 Å². The Morgan fingerprint density at radius 3 is 2.79 bits per heavy atom. The van der Waals surface area contributed by atoms with E-state index >= 15 is 0 Å². The standard InChI is InChI=1S/C20H25N5O4/c1-11-4-5-14(8-12(11)2)22-16(26)10-13-9-15-17(23-18(13)27)24-20(25-19(15)28)21-6-7-29-3/h4-5,8,13H,6-7,9-10H2,1-3H3,(H,22,26)(H3,21,23,24,25,27,28). The van der Waals surface area contributed by atoms with Gasteiger partial charge in [0.1, 0.15) is 5.82 Å². The number of rotatable bonds is 7. The van der Waals surface area contributed by atoms with E-state index in [2.05, 4.69) is 25.9 Å². The Kier molecular flexibility index (Phi) is 6.28. The van der Waals surface area contributed by atoms with Gasteiger partial charge in [-0.3, -0.25) is 19.4 Å². The van der Waals surface area contributed by atoms with Crippen LogP contribution in [0.3, 0.4) is 0 Å². The number of aryl methyl sites for hydroxylation is 2. The Hall–Kier alpha value is -3.20. The Labute approximate surface area is 168 Å². The Balaban J connectivity index is 1.67. The van der Waals surface area contributed by atoms with E-state index in [4.69, 9.17) is 4.74 Å². The van der Waals surface area contributed by atoms with Gasteiger partial charge in [0.15, 0.2) is 0 Å². The van der Waals surface area contributed by atoms with Crippen LogP contribution >= 0.6 is 0 Å². The molecule has 0 saturated carbocycles. The van der Waals surface area contributed by atoms with Gasteiger partial charge in [-0.2, -0.15) is 4.98 Å². The third-order valence-electron chi connectivity index (χ3n) is 4.90. The van der Waals surface area contributed by atoms with E-state index in [9.17, 15) is 14.4 Å². The number of carbonyl (C=O) groups is 2. The predicted molar refractivity (Wildman–Crippen MR) is 110 cm³/mol. The summed E-state index contributed by atoms with van der Waals surface area (Å²) >= 11 is 0. The SMILES string of the molecule is COCCNc1nc2c(c(=O)[nH]1)CC(CC(=O)Nc1ccc(C)c(C)c1)C(=O)N2. The van der Waals surface area contributed by atoms with E-state index < -0.39 is 5.92 Å². The lowest BCUT2D eigenvalue weighted by molar-refractivity contribution is -0.125. The molecule has 1 aromatic carbocycles. The molecule has 0 fully saturated rings. The lowest BCUT2D eigenvalue weighted by atomic mass is 9.92. The molecule has 154 valence electrons. The average molecular weight is 399 g/mol. The number of carbonyl (C=O) groups excluding carboxylic acids is 2. The molecule has 0 spiro atoms. The number of hydrogen-bond acceptors (Lipinski definition) is 6. The molecule has 1 aliphatic heterocycles. The minimum atomic E-state index is -0.635. The fourth-order valence-electron chi connectivity index (χ4n) is 3.12. The molecule has 1 atom stereocenters. The summed E-state index contributed by atoms with van der Waals surface area (Å²) in [6.45, 7) is 4.88. The van der Waals surface area contributed by atoms with E-state index in [0.717, 1.165) is 11.1 Å². The third kappa shape index (κ3) is 5.00. The zero-order valence-corrected chi connectivity index (χ0v) is 16.7. The van der Waals surface area contributed by atoms with Crippen LogP contribution in [-0.4, -0.2) is 42.0 Å². The smallest absolute Gasteiger partial charge is 0.257 e. The second kappa shape index (κ2) is 8.87. The molecular formula is C20H25N5O4. The number of benzene rings is 1. The highest BCUT2D eigenvalue weighted by Crippen LogP contribution is 2.24. The summed E-state index contributed by atoms with van der Waals surface area (Å²) in [5.41, 5.74) is 2.91. The number of aromatic nitrogens is 2. The third-order valence-corrected chi connectivity index (χ3v) is 4.90. The van der Waals surface area contributed by atoms with E-state index in [0.29, 0.717) is 24.4 Å². The van der Waals surface area contributed by atoms with E-state index in [1.165, 1.54) is 0 Å². The van der Waals surface area contributed by atoms with Gasteiger partial charge in [-0.05, 0) is 43.5 Å². The van der Waals surface area contributed by atoms with Crippen molar-refractivity contribution in [3.8, 4) is 0 Å². The van der Waals surface area contributed by atoms with Crippen molar-refractivity contribution in [3.05, 3.63) is 45.2 Å². The lowest BCUT2D eigenvalue weighted by Crippen LogP contribution is -2.37. The minimum absolute atomic E-state index is 0.0223. The van der Waals surface area contributed by atoms with Crippen molar-refractivity contribution in [3.63, 3.8) is 0 Å². The number of amides is 2. The van der Waals surface area contributed by atoms with E-state index in [1.807, 2.05) is 32.0 Å². The van der Waals surface area contributed by atoms with Crippen molar-refractivity contribution in [1.82, 2.24) is 9.97 Å². The van der Waals surface area contributed by atoms with Crippen molar-refractivity contribution in [2.75, 3.05) is 36.2 Å². The summed E-state index contributed by atoms with van der Waals surface area (Å²) in [5, 5.41) is 8.38. The van der Waals surface area contributed by atoms with Crippen molar-refractivity contribution in [1.29, 1.82) is 0 Å². The lowest BCUT2D eigenvalue weighted by Gasteiger charge is -2.23. The highest BCUT2D eigenvalue weighted by atomic mass is 16.5. The molecule has 3 rings (SSSR count). The monoisotopic (exact) mass is 399 g/mol. The van der Waals surface area contributed by atoms with Gasteiger partial charge in [-0.15, -0.1) is 0 Å². The molecule has 0 radical (unpaired) electrons. The highest BCUT2D eigenvalue weighted by Gasteiger charge is 2.31. The zero-order valence-electron chi connectivity index (χ0n) is 16.7. The molecule has 2 heterocycles. The van der Waals surface area contributed by atoms with E-state index in [-0.39, 0.29) is 42.0 Å². The quantitative estimate of drug-likeness (QED) is 0.524. The Bertz CT molecular complexity index is 985. The van der Waals surface area contributed by atoms with Crippen LogP contribution in [0.4, 0.5) is 17.5 Å². The molecule has 0 saturated heterocycles. The molecular weight excluding hydrogens is 374 g/mol. The number of anilines is 3.